The van der Waals surface area contributed by atoms with Crippen molar-refractivity contribution in [3.8, 4) is 0 Å². The van der Waals surface area contributed by atoms with E-state index in [2.05, 4.69) is 16.1 Å². The third kappa shape index (κ3) is 1.97. The van der Waals surface area contributed by atoms with Gasteiger partial charge in [0.05, 0.1) is 0 Å². The van der Waals surface area contributed by atoms with Crippen LogP contribution in [0.4, 0.5) is 0 Å². The summed E-state index contributed by atoms with van der Waals surface area (Å²) < 4.78 is 0. The highest BCUT2D eigenvalue weighted by Crippen LogP contribution is 2.22. The van der Waals surface area contributed by atoms with Gasteiger partial charge in [0.2, 0.25) is 0 Å². The highest BCUT2D eigenvalue weighted by Gasteiger charge is 2.17. The van der Waals surface area contributed by atoms with E-state index in [1.807, 2.05) is 6.21 Å². The lowest BCUT2D eigenvalue weighted by Gasteiger charge is -2.19. The molecule has 2 N–H and O–H groups in total. The molecule has 2 aliphatic rings. The molecule has 0 saturated heterocycles. The van der Waals surface area contributed by atoms with Crippen LogP contribution in [-0.2, 0) is 0 Å². The molecule has 1 aliphatic carbocycles. The summed E-state index contributed by atoms with van der Waals surface area (Å²) in [6.07, 6.45) is 8.41. The van der Waals surface area contributed by atoms with Gasteiger partial charge in [-0.2, -0.15) is 0 Å². The Hall–Kier alpha value is -1.12. The third-order valence-corrected chi connectivity index (χ3v) is 2.48. The van der Waals surface area contributed by atoms with Crippen LogP contribution in [0.25, 0.3) is 0 Å². The standard InChI is InChI=1S/C10H15N3/c11-9-4-1-3-8(7-9)10-12-5-2-6-13-10/h5,7-8H,1-4,6,11H2. The van der Waals surface area contributed by atoms with Crippen molar-refractivity contribution >= 4 is 12.1 Å². The SMILES string of the molecule is NC1=CC(C2=NCCC=N2)CCC1. The van der Waals surface area contributed by atoms with E-state index in [1.54, 1.807) is 0 Å². The molecule has 13 heavy (non-hydrogen) atoms. The van der Waals surface area contributed by atoms with Gasteiger partial charge in [0, 0.05) is 30.8 Å². The molecule has 1 unspecified atom stereocenters. The zero-order chi connectivity index (χ0) is 9.10. The van der Waals surface area contributed by atoms with Crippen molar-refractivity contribution in [3.63, 3.8) is 0 Å². The Labute approximate surface area is 78.5 Å². The lowest BCUT2D eigenvalue weighted by atomic mass is 9.93. The summed E-state index contributed by atoms with van der Waals surface area (Å²) in [4.78, 5) is 8.72. The first-order valence-corrected chi connectivity index (χ1v) is 4.89. The fraction of sp³-hybridized carbons (Fsp3) is 0.600. The Morgan fingerprint density at radius 1 is 1.46 bits per heavy atom. The number of rotatable bonds is 1. The van der Waals surface area contributed by atoms with Crippen LogP contribution in [-0.4, -0.2) is 18.6 Å². The first-order chi connectivity index (χ1) is 6.36. The molecule has 0 aromatic rings. The summed E-state index contributed by atoms with van der Waals surface area (Å²) >= 11 is 0. The van der Waals surface area contributed by atoms with Gasteiger partial charge in [-0.25, -0.2) is 4.99 Å². The number of aliphatic imine (C=N–C) groups is 2. The van der Waals surface area contributed by atoms with Gasteiger partial charge in [-0.05, 0) is 19.3 Å². The molecule has 1 aliphatic heterocycles. The summed E-state index contributed by atoms with van der Waals surface area (Å²) in [5.41, 5.74) is 6.79. The van der Waals surface area contributed by atoms with E-state index < -0.39 is 0 Å². The predicted octanol–water partition coefficient (Wildman–Crippen LogP) is 1.50. The van der Waals surface area contributed by atoms with Gasteiger partial charge >= 0.3 is 0 Å². The lowest BCUT2D eigenvalue weighted by molar-refractivity contribution is 0.624. The fourth-order valence-corrected chi connectivity index (χ4v) is 1.80. The van der Waals surface area contributed by atoms with Crippen LogP contribution in [0.3, 0.4) is 0 Å². The summed E-state index contributed by atoms with van der Waals surface area (Å²) in [7, 11) is 0. The number of nitrogens with zero attached hydrogens (tertiary/aromatic N) is 2. The van der Waals surface area contributed by atoms with Gasteiger partial charge < -0.3 is 5.73 Å². The smallest absolute Gasteiger partial charge is 0.129 e. The minimum Gasteiger partial charge on any atom is -0.402 e. The monoisotopic (exact) mass is 177 g/mol. The van der Waals surface area contributed by atoms with E-state index in [-0.39, 0.29) is 0 Å². The van der Waals surface area contributed by atoms with Crippen LogP contribution in [0, 0.1) is 5.92 Å². The minimum atomic E-state index is 0.380. The van der Waals surface area contributed by atoms with E-state index in [4.69, 9.17) is 5.73 Å². The van der Waals surface area contributed by atoms with Gasteiger partial charge in [-0.3, -0.25) is 4.99 Å². The van der Waals surface area contributed by atoms with E-state index in [1.165, 1.54) is 6.42 Å². The van der Waals surface area contributed by atoms with E-state index in [0.717, 1.165) is 37.3 Å². The van der Waals surface area contributed by atoms with Crippen molar-refractivity contribution in [1.82, 2.24) is 0 Å². The Balaban J connectivity index is 2.11. The molecule has 0 aromatic carbocycles. The molecule has 0 radical (unpaired) electrons. The molecule has 3 nitrogen and oxygen atoms in total. The van der Waals surface area contributed by atoms with Crippen LogP contribution in [0.15, 0.2) is 21.8 Å². The maximum Gasteiger partial charge on any atom is 0.129 e. The van der Waals surface area contributed by atoms with E-state index in [0.29, 0.717) is 5.92 Å². The second-order valence-electron chi connectivity index (χ2n) is 3.58. The molecule has 3 heteroatoms. The number of allylic oxidation sites excluding steroid dienone is 1. The zero-order valence-corrected chi connectivity index (χ0v) is 7.74. The largest absolute Gasteiger partial charge is 0.402 e. The van der Waals surface area contributed by atoms with Crippen LogP contribution in [0.1, 0.15) is 25.7 Å². The fourth-order valence-electron chi connectivity index (χ4n) is 1.80. The molecule has 0 saturated carbocycles. The molecule has 1 heterocycles. The Morgan fingerprint density at radius 3 is 3.08 bits per heavy atom. The van der Waals surface area contributed by atoms with Crippen LogP contribution < -0.4 is 5.73 Å². The predicted molar refractivity (Wildman–Crippen MR) is 55.0 cm³/mol. The lowest BCUT2D eigenvalue weighted by Crippen LogP contribution is -2.19. The van der Waals surface area contributed by atoms with Crippen molar-refractivity contribution in [2.24, 2.45) is 21.6 Å². The molecular weight excluding hydrogens is 162 g/mol. The topological polar surface area (TPSA) is 50.7 Å². The molecule has 0 fully saturated rings. The molecule has 0 amide bonds. The highest BCUT2D eigenvalue weighted by molar-refractivity contribution is 5.94. The molecule has 2 rings (SSSR count). The molecule has 0 aromatic heterocycles. The van der Waals surface area contributed by atoms with E-state index >= 15 is 0 Å². The van der Waals surface area contributed by atoms with Gasteiger partial charge in [0.15, 0.2) is 0 Å². The Bertz CT molecular complexity index is 276. The summed E-state index contributed by atoms with van der Waals surface area (Å²) in [5.74, 6) is 1.36. The van der Waals surface area contributed by atoms with Gasteiger partial charge in [-0.15, -0.1) is 0 Å². The molecule has 0 bridgehead atoms. The van der Waals surface area contributed by atoms with Gasteiger partial charge in [-0.1, -0.05) is 6.08 Å². The number of nitrogens with two attached hydrogens (primary N) is 1. The van der Waals surface area contributed by atoms with Crippen molar-refractivity contribution in [3.05, 3.63) is 11.8 Å². The van der Waals surface area contributed by atoms with Crippen LogP contribution in [0.5, 0.6) is 0 Å². The molecular formula is C10H15N3. The normalized spacial score (nSPS) is 28.2. The summed E-state index contributed by atoms with van der Waals surface area (Å²) in [6.45, 7) is 0.892. The van der Waals surface area contributed by atoms with Crippen molar-refractivity contribution < 1.29 is 0 Å². The minimum absolute atomic E-state index is 0.380. The van der Waals surface area contributed by atoms with Gasteiger partial charge in [0.25, 0.3) is 0 Å². The maximum atomic E-state index is 5.79. The number of amidine groups is 1. The summed E-state index contributed by atoms with van der Waals surface area (Å²) in [6, 6.07) is 0. The molecule has 0 spiro atoms. The summed E-state index contributed by atoms with van der Waals surface area (Å²) in [5, 5.41) is 0. The van der Waals surface area contributed by atoms with E-state index in [9.17, 15) is 0 Å². The quantitative estimate of drug-likeness (QED) is 0.648. The van der Waals surface area contributed by atoms with Crippen molar-refractivity contribution in [2.45, 2.75) is 25.7 Å². The third-order valence-electron chi connectivity index (χ3n) is 2.48. The maximum absolute atomic E-state index is 5.79. The van der Waals surface area contributed by atoms with Gasteiger partial charge in [0.1, 0.15) is 5.84 Å². The number of hydrogen-bond donors (Lipinski definition) is 1. The van der Waals surface area contributed by atoms with Crippen LogP contribution >= 0.6 is 0 Å². The second kappa shape index (κ2) is 3.73. The average molecular weight is 177 g/mol. The Kier molecular flexibility index (Phi) is 2.43. The first kappa shape index (κ1) is 8.48. The van der Waals surface area contributed by atoms with Crippen LogP contribution in [0.2, 0.25) is 0 Å². The zero-order valence-electron chi connectivity index (χ0n) is 7.74. The van der Waals surface area contributed by atoms with Crippen molar-refractivity contribution in [2.75, 3.05) is 6.54 Å². The number of hydrogen-bond acceptors (Lipinski definition) is 3. The molecule has 70 valence electrons. The van der Waals surface area contributed by atoms with Crippen molar-refractivity contribution in [1.29, 1.82) is 0 Å². The highest BCUT2D eigenvalue weighted by atomic mass is 14.9. The Morgan fingerprint density at radius 2 is 2.38 bits per heavy atom. The second-order valence-corrected chi connectivity index (χ2v) is 3.58. The molecule has 1 atom stereocenters. The average Bonchev–Trinajstić information content (AvgIpc) is 2.19. The first-order valence-electron chi connectivity index (χ1n) is 4.89.